The summed E-state index contributed by atoms with van der Waals surface area (Å²) < 4.78 is 17.2. The van der Waals surface area contributed by atoms with Crippen molar-refractivity contribution in [2.24, 2.45) is 17.3 Å². The van der Waals surface area contributed by atoms with Gasteiger partial charge >= 0.3 is 11.9 Å². The number of hydrogen-bond donors (Lipinski definition) is 1. The van der Waals surface area contributed by atoms with Gasteiger partial charge in [-0.2, -0.15) is 0 Å². The summed E-state index contributed by atoms with van der Waals surface area (Å²) in [5.74, 6) is -2.82. The van der Waals surface area contributed by atoms with Gasteiger partial charge in [-0.05, 0) is 24.5 Å². The second kappa shape index (κ2) is 7.94. The van der Waals surface area contributed by atoms with Gasteiger partial charge in [0.2, 0.25) is 0 Å². The number of rotatable bonds is 3. The van der Waals surface area contributed by atoms with Crippen molar-refractivity contribution < 1.29 is 33.7 Å². The molecule has 2 aliphatic heterocycles. The summed E-state index contributed by atoms with van der Waals surface area (Å²) in [4.78, 5) is 39.2. The summed E-state index contributed by atoms with van der Waals surface area (Å²) in [5.41, 5.74) is -1.89. The Kier molecular flexibility index (Phi) is 5.28. The second-order valence-corrected chi connectivity index (χ2v) is 9.89. The first-order valence-electron chi connectivity index (χ1n) is 11.7. The highest BCUT2D eigenvalue weighted by Crippen LogP contribution is 2.60. The van der Waals surface area contributed by atoms with Crippen LogP contribution in [0.4, 0.5) is 0 Å². The molecular formula is C27H28O7. The molecule has 7 heteroatoms. The minimum atomic E-state index is -1.47. The summed E-state index contributed by atoms with van der Waals surface area (Å²) >= 11 is 0. The van der Waals surface area contributed by atoms with E-state index in [0.717, 1.165) is 18.4 Å². The molecule has 178 valence electrons. The molecule has 1 N–H and O–H groups in total. The molecule has 5 rings (SSSR count). The van der Waals surface area contributed by atoms with E-state index in [1.54, 1.807) is 13.0 Å². The first-order valence-corrected chi connectivity index (χ1v) is 11.7. The van der Waals surface area contributed by atoms with Crippen LogP contribution in [0.2, 0.25) is 0 Å². The fourth-order valence-corrected chi connectivity index (χ4v) is 6.30. The number of esters is 2. The lowest BCUT2D eigenvalue weighted by Gasteiger charge is -2.59. The van der Waals surface area contributed by atoms with E-state index >= 15 is 0 Å². The van der Waals surface area contributed by atoms with Crippen LogP contribution in [0.15, 0.2) is 60.1 Å². The van der Waals surface area contributed by atoms with E-state index in [2.05, 4.69) is 6.58 Å². The third-order valence-electron chi connectivity index (χ3n) is 8.20. The van der Waals surface area contributed by atoms with Gasteiger partial charge in [0.15, 0.2) is 23.4 Å². The molecule has 0 aromatic heterocycles. The Morgan fingerprint density at radius 3 is 2.71 bits per heavy atom. The van der Waals surface area contributed by atoms with E-state index in [4.69, 9.17) is 14.2 Å². The van der Waals surface area contributed by atoms with Gasteiger partial charge in [-0.1, -0.05) is 63.6 Å². The van der Waals surface area contributed by atoms with Crippen LogP contribution in [0.5, 0.6) is 0 Å². The van der Waals surface area contributed by atoms with E-state index < -0.39 is 52.8 Å². The lowest BCUT2D eigenvalue weighted by atomic mass is 9.48. The van der Waals surface area contributed by atoms with Gasteiger partial charge in [-0.25, -0.2) is 9.59 Å². The number of cyclic esters (lactones) is 1. The maximum atomic E-state index is 13.8. The monoisotopic (exact) mass is 464 g/mol. The van der Waals surface area contributed by atoms with Gasteiger partial charge in [0.05, 0.1) is 0 Å². The highest BCUT2D eigenvalue weighted by Gasteiger charge is 2.70. The molecule has 2 fully saturated rings. The molecule has 1 aromatic rings. The molecule has 34 heavy (non-hydrogen) atoms. The van der Waals surface area contributed by atoms with Crippen molar-refractivity contribution in [1.82, 2.24) is 0 Å². The van der Waals surface area contributed by atoms with Crippen molar-refractivity contribution in [3.8, 4) is 0 Å². The van der Waals surface area contributed by atoms with Crippen LogP contribution >= 0.6 is 0 Å². The summed E-state index contributed by atoms with van der Waals surface area (Å²) in [6.45, 7) is 7.37. The summed E-state index contributed by atoms with van der Waals surface area (Å²) in [7, 11) is 0. The number of carbonyl (C=O) groups is 3. The van der Waals surface area contributed by atoms with Gasteiger partial charge < -0.3 is 19.3 Å². The van der Waals surface area contributed by atoms with Crippen molar-refractivity contribution in [1.29, 1.82) is 0 Å². The Hall–Kier alpha value is -3.19. The number of ether oxygens (including phenoxy) is 3. The van der Waals surface area contributed by atoms with E-state index in [9.17, 15) is 19.5 Å². The molecule has 1 aromatic carbocycles. The van der Waals surface area contributed by atoms with Crippen molar-refractivity contribution in [2.45, 2.75) is 57.3 Å². The maximum absolute atomic E-state index is 13.8. The number of carbonyl (C=O) groups excluding carboxylic acids is 3. The molecule has 0 spiro atoms. The van der Waals surface area contributed by atoms with Crippen molar-refractivity contribution in [3.05, 3.63) is 65.6 Å². The van der Waals surface area contributed by atoms with Gasteiger partial charge in [0.1, 0.15) is 17.3 Å². The van der Waals surface area contributed by atoms with Crippen LogP contribution < -0.4 is 0 Å². The van der Waals surface area contributed by atoms with E-state index in [1.807, 2.05) is 37.3 Å². The minimum absolute atomic E-state index is 0.0151. The zero-order valence-electron chi connectivity index (χ0n) is 19.3. The molecule has 7 nitrogen and oxygen atoms in total. The lowest BCUT2D eigenvalue weighted by molar-refractivity contribution is -0.254. The van der Waals surface area contributed by atoms with Crippen LogP contribution in [-0.4, -0.2) is 40.6 Å². The minimum Gasteiger partial charge on any atom is -0.481 e. The number of benzene rings is 1. The van der Waals surface area contributed by atoms with Gasteiger partial charge in [0.25, 0.3) is 0 Å². The number of Topliss-reactive ketones (excluding diaryl/α,β-unsaturated/α-hetero) is 1. The summed E-state index contributed by atoms with van der Waals surface area (Å²) in [6, 6.07) is 9.33. The third kappa shape index (κ3) is 3.17. The molecule has 0 amide bonds. The molecule has 2 bridgehead atoms. The first kappa shape index (κ1) is 22.6. The topological polar surface area (TPSA) is 99.1 Å². The van der Waals surface area contributed by atoms with Crippen molar-refractivity contribution >= 4 is 23.8 Å². The van der Waals surface area contributed by atoms with Crippen LogP contribution in [0, 0.1) is 17.3 Å². The maximum Gasteiger partial charge on any atom is 0.351 e. The van der Waals surface area contributed by atoms with Crippen LogP contribution in [0.25, 0.3) is 6.08 Å². The largest absolute Gasteiger partial charge is 0.481 e. The molecule has 1 unspecified atom stereocenters. The van der Waals surface area contributed by atoms with Gasteiger partial charge in [-0.15, -0.1) is 0 Å². The predicted octanol–water partition coefficient (Wildman–Crippen LogP) is 3.48. The lowest BCUT2D eigenvalue weighted by Crippen LogP contribution is -2.70. The van der Waals surface area contributed by atoms with E-state index in [0.29, 0.717) is 12.8 Å². The smallest absolute Gasteiger partial charge is 0.351 e. The Morgan fingerprint density at radius 1 is 1.24 bits per heavy atom. The Labute approximate surface area is 198 Å². The summed E-state index contributed by atoms with van der Waals surface area (Å²) in [6.07, 6.45) is 3.57. The highest BCUT2D eigenvalue weighted by molar-refractivity contribution is 6.22. The molecule has 0 saturated heterocycles. The number of ketones is 1. The standard InChI is InChI=1S/C27H28O7/c1-15-21-24(33-19(28)13-12-17-9-5-4-6-10-17)27(31)14-8-7-11-18(27)26(15,3)23(29)20-22(34-21)16(2)32-25(20)30/h4-6,9-10,12-13,15,18,21,24,31H,2,7-8,11,14H2,1,3H3/b13-12+/t15-,18+,21+,24-,26-,27?/m1/s1. The fraction of sp³-hybridized carbons (Fsp3) is 0.444. The second-order valence-electron chi connectivity index (χ2n) is 9.89. The average Bonchev–Trinajstić information content (AvgIpc) is 3.07. The number of aliphatic hydroxyl groups is 1. The van der Waals surface area contributed by atoms with Crippen molar-refractivity contribution in [2.75, 3.05) is 0 Å². The highest BCUT2D eigenvalue weighted by atomic mass is 16.6. The van der Waals surface area contributed by atoms with E-state index in [-0.39, 0.29) is 17.1 Å². The van der Waals surface area contributed by atoms with Crippen molar-refractivity contribution in [3.63, 3.8) is 0 Å². The Morgan fingerprint density at radius 2 is 1.97 bits per heavy atom. The van der Waals surface area contributed by atoms with Gasteiger partial charge in [0, 0.05) is 23.3 Å². The van der Waals surface area contributed by atoms with Gasteiger partial charge in [-0.3, -0.25) is 4.79 Å². The van der Waals surface area contributed by atoms with Crippen LogP contribution in [-0.2, 0) is 28.6 Å². The molecule has 2 saturated carbocycles. The Balaban J connectivity index is 1.56. The Bertz CT molecular complexity index is 1130. The number of hydrogen-bond acceptors (Lipinski definition) is 7. The SMILES string of the molecule is C=C1OC(=O)C2=C1O[C@@H]1[C@@H](OC(=O)/C=C/c3ccccc3)C3(O)CCCC[C@H]3[C@](C)(C2=O)[C@@H]1C. The number of fused-ring (bicyclic) bond motifs is 4. The van der Waals surface area contributed by atoms with Crippen LogP contribution in [0.3, 0.4) is 0 Å². The molecular weight excluding hydrogens is 436 g/mol. The normalized spacial score (nSPS) is 37.0. The molecule has 0 radical (unpaired) electrons. The molecule has 2 aliphatic carbocycles. The zero-order chi connectivity index (χ0) is 24.3. The predicted molar refractivity (Wildman–Crippen MR) is 122 cm³/mol. The molecule has 2 heterocycles. The average molecular weight is 465 g/mol. The molecule has 4 aliphatic rings. The quantitative estimate of drug-likeness (QED) is 0.415. The van der Waals surface area contributed by atoms with Crippen LogP contribution in [0.1, 0.15) is 45.1 Å². The zero-order valence-corrected chi connectivity index (χ0v) is 19.3. The third-order valence-corrected chi connectivity index (χ3v) is 8.20. The molecule has 6 atom stereocenters. The first-order chi connectivity index (χ1) is 16.2. The van der Waals surface area contributed by atoms with E-state index in [1.165, 1.54) is 6.08 Å². The fourth-order valence-electron chi connectivity index (χ4n) is 6.30. The summed E-state index contributed by atoms with van der Waals surface area (Å²) in [5, 5.41) is 12.0.